The van der Waals surface area contributed by atoms with E-state index in [4.69, 9.17) is 5.26 Å². The van der Waals surface area contributed by atoms with Crippen LogP contribution >= 0.6 is 0 Å². The van der Waals surface area contributed by atoms with Gasteiger partial charge in [-0.05, 0) is 30.2 Å². The summed E-state index contributed by atoms with van der Waals surface area (Å²) in [5.74, 6) is 0.191. The maximum Gasteiger partial charge on any atom is 0.179 e. The molecule has 5 nitrogen and oxygen atoms in total. The Bertz CT molecular complexity index is 638. The molecule has 0 atom stereocenters. The molecule has 1 aliphatic rings. The van der Waals surface area contributed by atoms with E-state index < -0.39 is 15.4 Å². The summed E-state index contributed by atoms with van der Waals surface area (Å²) in [6.07, 6.45) is 0. The van der Waals surface area contributed by atoms with E-state index in [1.807, 2.05) is 24.8 Å². The molecule has 0 amide bonds. The highest BCUT2D eigenvalue weighted by Gasteiger charge is 2.43. The Kier molecular flexibility index (Phi) is 4.38. The van der Waals surface area contributed by atoms with Crippen LogP contribution in [0, 0.1) is 17.2 Å². The van der Waals surface area contributed by atoms with Gasteiger partial charge in [0.25, 0.3) is 0 Å². The highest BCUT2D eigenvalue weighted by atomic mass is 32.2. The van der Waals surface area contributed by atoms with Gasteiger partial charge in [-0.2, -0.15) is 5.26 Å². The van der Waals surface area contributed by atoms with Gasteiger partial charge in [0.1, 0.15) is 0 Å². The van der Waals surface area contributed by atoms with Gasteiger partial charge in [0.2, 0.25) is 0 Å². The number of nitrogens with zero attached hydrogens (tertiary/aromatic N) is 2. The van der Waals surface area contributed by atoms with Gasteiger partial charge < -0.3 is 5.11 Å². The first-order valence-electron chi connectivity index (χ1n) is 6.94. The van der Waals surface area contributed by atoms with Crippen LogP contribution in [0.25, 0.3) is 0 Å². The fourth-order valence-corrected chi connectivity index (χ4v) is 3.64. The average molecular weight is 308 g/mol. The molecule has 0 aromatic heterocycles. The molecule has 21 heavy (non-hydrogen) atoms. The number of β-amino-alcohol motifs (C(OH)–C–C–N with tert-alkyl or cyclic N) is 1. The van der Waals surface area contributed by atoms with Gasteiger partial charge in [-0.1, -0.05) is 13.8 Å². The van der Waals surface area contributed by atoms with Crippen LogP contribution < -0.4 is 0 Å². The van der Waals surface area contributed by atoms with Gasteiger partial charge in [-0.15, -0.1) is 0 Å². The zero-order valence-electron chi connectivity index (χ0n) is 12.3. The van der Waals surface area contributed by atoms with Gasteiger partial charge in [0.15, 0.2) is 9.84 Å². The summed E-state index contributed by atoms with van der Waals surface area (Å²) in [5, 5.41) is 18.9. The quantitative estimate of drug-likeness (QED) is 0.879. The summed E-state index contributed by atoms with van der Waals surface area (Å²) < 4.78 is 24.4. The van der Waals surface area contributed by atoms with Crippen LogP contribution in [-0.4, -0.2) is 49.4 Å². The Morgan fingerprint density at radius 1 is 1.33 bits per heavy atom. The molecule has 0 unspecified atom stereocenters. The van der Waals surface area contributed by atoms with E-state index in [0.717, 1.165) is 0 Å². The summed E-state index contributed by atoms with van der Waals surface area (Å²) in [6.45, 7) is 5.38. The fourth-order valence-electron chi connectivity index (χ4n) is 2.36. The lowest BCUT2D eigenvalue weighted by atomic mass is 9.83. The molecule has 0 bridgehead atoms. The summed E-state index contributed by atoms with van der Waals surface area (Å²) in [7, 11) is -3.35. The lowest BCUT2D eigenvalue weighted by Gasteiger charge is -2.49. The number of benzene rings is 1. The van der Waals surface area contributed by atoms with E-state index in [2.05, 4.69) is 0 Å². The van der Waals surface area contributed by atoms with E-state index in [1.165, 1.54) is 24.3 Å². The normalized spacial score (nSPS) is 18.2. The number of hydrogen-bond acceptors (Lipinski definition) is 5. The largest absolute Gasteiger partial charge is 0.387 e. The zero-order valence-corrected chi connectivity index (χ0v) is 13.1. The molecular weight excluding hydrogens is 288 g/mol. The number of likely N-dealkylation sites (tertiary alicyclic amines) is 1. The lowest BCUT2D eigenvalue weighted by Crippen LogP contribution is -2.64. The van der Waals surface area contributed by atoms with E-state index in [9.17, 15) is 13.5 Å². The van der Waals surface area contributed by atoms with Crippen molar-refractivity contribution in [3.8, 4) is 6.07 Å². The molecule has 1 aromatic rings. The number of aliphatic hydroxyl groups is 1. The monoisotopic (exact) mass is 308 g/mol. The second-order valence-electron chi connectivity index (χ2n) is 5.92. The summed E-state index contributed by atoms with van der Waals surface area (Å²) in [4.78, 5) is 2.18. The molecule has 1 aliphatic heterocycles. The molecule has 0 spiro atoms. The molecule has 1 N–H and O–H groups in total. The Morgan fingerprint density at radius 2 is 1.90 bits per heavy atom. The molecule has 0 aliphatic carbocycles. The summed E-state index contributed by atoms with van der Waals surface area (Å²) >= 11 is 0. The highest BCUT2D eigenvalue weighted by molar-refractivity contribution is 7.91. The third-order valence-electron chi connectivity index (χ3n) is 4.09. The van der Waals surface area contributed by atoms with E-state index in [0.29, 0.717) is 25.2 Å². The molecule has 6 heteroatoms. The first-order chi connectivity index (χ1) is 9.77. The highest BCUT2D eigenvalue weighted by Crippen LogP contribution is 2.28. The molecule has 1 saturated heterocycles. The van der Waals surface area contributed by atoms with Crippen LogP contribution in [0.4, 0.5) is 0 Å². The molecule has 1 aromatic carbocycles. The second kappa shape index (κ2) is 5.76. The van der Waals surface area contributed by atoms with Gasteiger partial charge in [0, 0.05) is 19.6 Å². The number of hydrogen-bond donors (Lipinski definition) is 1. The first-order valence-corrected chi connectivity index (χ1v) is 8.60. The Hall–Kier alpha value is -1.42. The van der Waals surface area contributed by atoms with Crippen molar-refractivity contribution in [3.63, 3.8) is 0 Å². The number of sulfone groups is 1. The molecule has 1 fully saturated rings. The minimum atomic E-state index is -3.35. The SMILES string of the molecule is CC(C)C1(O)CN(CCS(=O)(=O)c2ccc(C#N)cc2)C1. The van der Waals surface area contributed by atoms with E-state index in [-0.39, 0.29) is 16.6 Å². The van der Waals surface area contributed by atoms with Crippen LogP contribution in [-0.2, 0) is 9.84 Å². The van der Waals surface area contributed by atoms with Crippen molar-refractivity contribution >= 4 is 9.84 Å². The van der Waals surface area contributed by atoms with Crippen molar-refractivity contribution in [2.24, 2.45) is 5.92 Å². The third kappa shape index (κ3) is 3.43. The topological polar surface area (TPSA) is 81.4 Å². The lowest BCUT2D eigenvalue weighted by molar-refractivity contribution is -0.125. The summed E-state index contributed by atoms with van der Waals surface area (Å²) in [6, 6.07) is 7.91. The van der Waals surface area contributed by atoms with Crippen molar-refractivity contribution < 1.29 is 13.5 Å². The third-order valence-corrected chi connectivity index (χ3v) is 5.80. The van der Waals surface area contributed by atoms with Crippen LogP contribution in [0.3, 0.4) is 0 Å². The number of nitriles is 1. The Morgan fingerprint density at radius 3 is 2.38 bits per heavy atom. The molecular formula is C15H20N2O3S. The maximum absolute atomic E-state index is 12.2. The maximum atomic E-state index is 12.2. The number of rotatable bonds is 5. The van der Waals surface area contributed by atoms with Gasteiger partial charge in [-0.25, -0.2) is 8.42 Å². The fraction of sp³-hybridized carbons (Fsp3) is 0.533. The van der Waals surface area contributed by atoms with Gasteiger partial charge in [-0.3, -0.25) is 4.90 Å². The zero-order chi connectivity index (χ0) is 15.7. The van der Waals surface area contributed by atoms with Crippen LogP contribution in [0.15, 0.2) is 29.2 Å². The summed E-state index contributed by atoms with van der Waals surface area (Å²) in [5.41, 5.74) is -0.239. The molecule has 0 radical (unpaired) electrons. The molecule has 0 saturated carbocycles. The van der Waals surface area contributed by atoms with Crippen molar-refractivity contribution in [2.45, 2.75) is 24.3 Å². The minimum absolute atomic E-state index is 0.0209. The van der Waals surface area contributed by atoms with Crippen molar-refractivity contribution in [3.05, 3.63) is 29.8 Å². The van der Waals surface area contributed by atoms with E-state index >= 15 is 0 Å². The van der Waals surface area contributed by atoms with Crippen molar-refractivity contribution in [1.82, 2.24) is 4.90 Å². The van der Waals surface area contributed by atoms with E-state index in [1.54, 1.807) is 0 Å². The molecule has 1 heterocycles. The Balaban J connectivity index is 1.92. The Labute approximate surface area is 125 Å². The standard InChI is InChI=1S/C15H20N2O3S/c1-12(2)15(18)10-17(11-15)7-8-21(19,20)14-5-3-13(9-16)4-6-14/h3-6,12,18H,7-8,10-11H2,1-2H3. The second-order valence-corrected chi connectivity index (χ2v) is 8.03. The van der Waals surface area contributed by atoms with Crippen LogP contribution in [0.5, 0.6) is 0 Å². The van der Waals surface area contributed by atoms with Crippen molar-refractivity contribution in [2.75, 3.05) is 25.4 Å². The van der Waals surface area contributed by atoms with Gasteiger partial charge >= 0.3 is 0 Å². The predicted octanol–water partition coefficient (Wildman–Crippen LogP) is 1.03. The minimum Gasteiger partial charge on any atom is -0.387 e. The molecule has 114 valence electrons. The van der Waals surface area contributed by atoms with Crippen LogP contribution in [0.1, 0.15) is 19.4 Å². The average Bonchev–Trinajstić information content (AvgIpc) is 2.42. The predicted molar refractivity (Wildman–Crippen MR) is 79.4 cm³/mol. The smallest absolute Gasteiger partial charge is 0.179 e. The molecule has 2 rings (SSSR count). The first kappa shape index (κ1) is 16.0. The van der Waals surface area contributed by atoms with Crippen LogP contribution in [0.2, 0.25) is 0 Å². The van der Waals surface area contributed by atoms with Gasteiger partial charge in [0.05, 0.1) is 27.9 Å². The van der Waals surface area contributed by atoms with Crippen molar-refractivity contribution in [1.29, 1.82) is 5.26 Å².